The lowest BCUT2D eigenvalue weighted by atomic mass is 9.78. The molecule has 0 aliphatic heterocycles. The van der Waals surface area contributed by atoms with Crippen molar-refractivity contribution in [3.8, 4) is 0 Å². The van der Waals surface area contributed by atoms with Crippen LogP contribution in [0.2, 0.25) is 5.02 Å². The Hall–Kier alpha value is -1.31. The molecule has 2 heteroatoms. The van der Waals surface area contributed by atoms with Crippen LogP contribution in [0.4, 0.5) is 0 Å². The SMILES string of the molecule is Cc1cccc(CC(C)(CO)c2cccc(Cl)c2)c1. The first-order valence-corrected chi connectivity index (χ1v) is 6.84. The van der Waals surface area contributed by atoms with Crippen LogP contribution in [0.25, 0.3) is 0 Å². The van der Waals surface area contributed by atoms with Gasteiger partial charge in [0.2, 0.25) is 0 Å². The van der Waals surface area contributed by atoms with Gasteiger partial charge in [0.25, 0.3) is 0 Å². The number of halogens is 1. The Morgan fingerprint density at radius 1 is 1.11 bits per heavy atom. The average molecular weight is 275 g/mol. The molecule has 0 amide bonds. The third-order valence-electron chi connectivity index (χ3n) is 3.55. The van der Waals surface area contributed by atoms with Gasteiger partial charge < -0.3 is 5.11 Å². The van der Waals surface area contributed by atoms with Crippen molar-refractivity contribution in [2.24, 2.45) is 0 Å². The normalized spacial score (nSPS) is 14.1. The molecule has 19 heavy (non-hydrogen) atoms. The molecule has 2 aromatic rings. The Morgan fingerprint density at radius 3 is 2.47 bits per heavy atom. The zero-order valence-corrected chi connectivity index (χ0v) is 12.1. The van der Waals surface area contributed by atoms with Gasteiger partial charge in [0.05, 0.1) is 6.61 Å². The number of hydrogen-bond donors (Lipinski definition) is 1. The van der Waals surface area contributed by atoms with E-state index in [2.05, 4.69) is 38.1 Å². The molecule has 0 heterocycles. The van der Waals surface area contributed by atoms with Gasteiger partial charge in [-0.3, -0.25) is 0 Å². The van der Waals surface area contributed by atoms with Crippen LogP contribution in [-0.4, -0.2) is 11.7 Å². The first-order valence-electron chi connectivity index (χ1n) is 6.46. The number of aliphatic hydroxyl groups excluding tert-OH is 1. The summed E-state index contributed by atoms with van der Waals surface area (Å²) < 4.78 is 0. The summed E-state index contributed by atoms with van der Waals surface area (Å²) in [6.07, 6.45) is 0.797. The zero-order valence-electron chi connectivity index (χ0n) is 11.4. The number of aryl methyl sites for hydroxylation is 1. The van der Waals surface area contributed by atoms with Gasteiger partial charge in [-0.05, 0) is 36.6 Å². The number of aliphatic hydroxyl groups is 1. The molecule has 0 fully saturated rings. The molecule has 0 spiro atoms. The van der Waals surface area contributed by atoms with E-state index < -0.39 is 0 Å². The van der Waals surface area contributed by atoms with Gasteiger partial charge in [0, 0.05) is 10.4 Å². The fraction of sp³-hybridized carbons (Fsp3) is 0.294. The Morgan fingerprint density at radius 2 is 1.84 bits per heavy atom. The minimum atomic E-state index is -0.307. The standard InChI is InChI=1S/C17H19ClO/c1-13-5-3-6-14(9-13)11-17(2,12-19)15-7-4-8-16(18)10-15/h3-10,19H,11-12H2,1-2H3. The quantitative estimate of drug-likeness (QED) is 0.888. The Bertz CT molecular complexity index is 565. The van der Waals surface area contributed by atoms with Crippen molar-refractivity contribution >= 4 is 11.6 Å². The fourth-order valence-corrected chi connectivity index (χ4v) is 2.58. The highest BCUT2D eigenvalue weighted by molar-refractivity contribution is 6.30. The highest BCUT2D eigenvalue weighted by Gasteiger charge is 2.26. The molecule has 100 valence electrons. The molecule has 1 nitrogen and oxygen atoms in total. The molecule has 0 aromatic heterocycles. The molecule has 2 aromatic carbocycles. The summed E-state index contributed by atoms with van der Waals surface area (Å²) in [6.45, 7) is 4.25. The van der Waals surface area contributed by atoms with E-state index in [1.165, 1.54) is 11.1 Å². The van der Waals surface area contributed by atoms with Gasteiger partial charge in [-0.2, -0.15) is 0 Å². The molecule has 0 aliphatic carbocycles. The number of benzene rings is 2. The monoisotopic (exact) mass is 274 g/mol. The smallest absolute Gasteiger partial charge is 0.0528 e. The second kappa shape index (κ2) is 5.77. The second-order valence-corrected chi connectivity index (χ2v) is 5.83. The lowest BCUT2D eigenvalue weighted by Crippen LogP contribution is -2.29. The fourth-order valence-electron chi connectivity index (χ4n) is 2.39. The highest BCUT2D eigenvalue weighted by Crippen LogP contribution is 2.29. The molecule has 1 N–H and O–H groups in total. The summed E-state index contributed by atoms with van der Waals surface area (Å²) in [5.74, 6) is 0. The molecule has 0 bridgehead atoms. The molecule has 1 atom stereocenters. The minimum absolute atomic E-state index is 0.0985. The molecular formula is C17H19ClO. The van der Waals surface area contributed by atoms with Crippen LogP contribution in [0.15, 0.2) is 48.5 Å². The Kier molecular flexibility index (Phi) is 4.28. The first-order chi connectivity index (χ1) is 9.03. The van der Waals surface area contributed by atoms with Gasteiger partial charge in [0.1, 0.15) is 0 Å². The summed E-state index contributed by atoms with van der Waals surface area (Å²) >= 11 is 6.05. The van der Waals surface area contributed by atoms with Crippen molar-refractivity contribution in [2.45, 2.75) is 25.7 Å². The number of rotatable bonds is 4. The van der Waals surface area contributed by atoms with E-state index in [4.69, 9.17) is 11.6 Å². The topological polar surface area (TPSA) is 20.2 Å². The molecule has 0 radical (unpaired) electrons. The second-order valence-electron chi connectivity index (χ2n) is 5.39. The van der Waals surface area contributed by atoms with Crippen LogP contribution in [-0.2, 0) is 11.8 Å². The third-order valence-corrected chi connectivity index (χ3v) is 3.78. The molecule has 0 aliphatic rings. The van der Waals surface area contributed by atoms with Gasteiger partial charge in [0.15, 0.2) is 0 Å². The maximum absolute atomic E-state index is 9.82. The zero-order chi connectivity index (χ0) is 13.9. The van der Waals surface area contributed by atoms with Crippen LogP contribution >= 0.6 is 11.6 Å². The van der Waals surface area contributed by atoms with Crippen LogP contribution in [0.1, 0.15) is 23.6 Å². The van der Waals surface area contributed by atoms with Gasteiger partial charge in [-0.25, -0.2) is 0 Å². The van der Waals surface area contributed by atoms with E-state index in [-0.39, 0.29) is 12.0 Å². The van der Waals surface area contributed by atoms with Crippen LogP contribution in [0.5, 0.6) is 0 Å². The van der Waals surface area contributed by atoms with Gasteiger partial charge >= 0.3 is 0 Å². The summed E-state index contributed by atoms with van der Waals surface area (Å²) in [7, 11) is 0. The highest BCUT2D eigenvalue weighted by atomic mass is 35.5. The summed E-state index contributed by atoms with van der Waals surface area (Å²) in [4.78, 5) is 0. The van der Waals surface area contributed by atoms with E-state index in [0.29, 0.717) is 5.02 Å². The Balaban J connectivity index is 2.32. The van der Waals surface area contributed by atoms with Crippen molar-refractivity contribution in [1.82, 2.24) is 0 Å². The molecule has 0 saturated carbocycles. The van der Waals surface area contributed by atoms with Crippen LogP contribution in [0, 0.1) is 6.92 Å². The van der Waals surface area contributed by atoms with Gasteiger partial charge in [-0.1, -0.05) is 60.5 Å². The molecule has 0 saturated heterocycles. The third kappa shape index (κ3) is 3.37. The summed E-state index contributed by atoms with van der Waals surface area (Å²) in [5, 5.41) is 10.5. The van der Waals surface area contributed by atoms with E-state index in [1.54, 1.807) is 0 Å². The van der Waals surface area contributed by atoms with Gasteiger partial charge in [-0.15, -0.1) is 0 Å². The first kappa shape index (κ1) is 14.1. The van der Waals surface area contributed by atoms with E-state index in [0.717, 1.165) is 12.0 Å². The van der Waals surface area contributed by atoms with Crippen molar-refractivity contribution in [1.29, 1.82) is 0 Å². The maximum atomic E-state index is 9.82. The predicted molar refractivity (Wildman–Crippen MR) is 80.8 cm³/mol. The predicted octanol–water partition coefficient (Wildman–Crippen LogP) is 4.14. The lowest BCUT2D eigenvalue weighted by Gasteiger charge is -2.28. The minimum Gasteiger partial charge on any atom is -0.395 e. The largest absolute Gasteiger partial charge is 0.395 e. The molecule has 2 rings (SSSR count). The maximum Gasteiger partial charge on any atom is 0.0528 e. The summed E-state index contributed by atoms with van der Waals surface area (Å²) in [5.41, 5.74) is 3.24. The summed E-state index contributed by atoms with van der Waals surface area (Å²) in [6, 6.07) is 16.2. The Labute approximate surface area is 119 Å². The van der Waals surface area contributed by atoms with Crippen molar-refractivity contribution in [3.63, 3.8) is 0 Å². The van der Waals surface area contributed by atoms with E-state index in [1.807, 2.05) is 24.3 Å². The van der Waals surface area contributed by atoms with Crippen LogP contribution < -0.4 is 0 Å². The van der Waals surface area contributed by atoms with E-state index >= 15 is 0 Å². The van der Waals surface area contributed by atoms with Crippen LogP contribution in [0.3, 0.4) is 0 Å². The number of hydrogen-bond acceptors (Lipinski definition) is 1. The van der Waals surface area contributed by atoms with E-state index in [9.17, 15) is 5.11 Å². The van der Waals surface area contributed by atoms with Crippen molar-refractivity contribution in [2.75, 3.05) is 6.61 Å². The molecular weight excluding hydrogens is 256 g/mol. The van der Waals surface area contributed by atoms with Crippen molar-refractivity contribution < 1.29 is 5.11 Å². The lowest BCUT2D eigenvalue weighted by molar-refractivity contribution is 0.204. The van der Waals surface area contributed by atoms with Crippen molar-refractivity contribution in [3.05, 3.63) is 70.2 Å². The average Bonchev–Trinajstić information content (AvgIpc) is 2.38. The molecule has 1 unspecified atom stereocenters.